The van der Waals surface area contributed by atoms with Gasteiger partial charge in [-0.25, -0.2) is 0 Å². The summed E-state index contributed by atoms with van der Waals surface area (Å²) >= 11 is 0. The normalized spacial score (nSPS) is 31.9. The predicted molar refractivity (Wildman–Crippen MR) is 69.6 cm³/mol. The Morgan fingerprint density at radius 2 is 1.75 bits per heavy atom. The molecular weight excluding hydrogens is 196 g/mol. The topological polar surface area (TPSA) is 38.4 Å². The van der Waals surface area contributed by atoms with Crippen molar-refractivity contribution >= 4 is 5.84 Å². The summed E-state index contributed by atoms with van der Waals surface area (Å²) in [5, 5.41) is 0. The molecule has 16 heavy (non-hydrogen) atoms. The first-order valence-corrected chi connectivity index (χ1v) is 6.93. The first kappa shape index (κ1) is 11.9. The average molecular weight is 222 g/mol. The number of nitrogens with two attached hydrogens (primary N) is 1. The van der Waals surface area contributed by atoms with E-state index in [-0.39, 0.29) is 0 Å². The summed E-state index contributed by atoms with van der Waals surface area (Å²) in [6.45, 7) is 4.67. The zero-order chi connectivity index (χ0) is 11.6. The first-order valence-electron chi connectivity index (χ1n) is 6.93. The fourth-order valence-corrected chi connectivity index (χ4v) is 3.23. The SMILES string of the molecule is CC1(C)CCCC1N=C(N)C1CCCCC1. The molecule has 0 spiro atoms. The van der Waals surface area contributed by atoms with Crippen LogP contribution in [0.3, 0.4) is 0 Å². The van der Waals surface area contributed by atoms with Crippen LogP contribution in [0.15, 0.2) is 4.99 Å². The molecule has 92 valence electrons. The third-order valence-electron chi connectivity index (χ3n) is 4.53. The lowest BCUT2D eigenvalue weighted by atomic mass is 9.86. The zero-order valence-corrected chi connectivity index (χ0v) is 10.8. The van der Waals surface area contributed by atoms with Gasteiger partial charge in [0.1, 0.15) is 0 Å². The molecule has 2 N–H and O–H groups in total. The predicted octanol–water partition coefficient (Wildman–Crippen LogP) is 3.50. The van der Waals surface area contributed by atoms with Gasteiger partial charge in [-0.2, -0.15) is 0 Å². The summed E-state index contributed by atoms with van der Waals surface area (Å²) < 4.78 is 0. The molecular formula is C14H26N2. The highest BCUT2D eigenvalue weighted by molar-refractivity contribution is 5.83. The molecule has 0 amide bonds. The van der Waals surface area contributed by atoms with Gasteiger partial charge in [0.05, 0.1) is 11.9 Å². The fourth-order valence-electron chi connectivity index (χ4n) is 3.23. The molecule has 1 unspecified atom stereocenters. The number of nitrogens with zero attached hydrogens (tertiary/aromatic N) is 1. The van der Waals surface area contributed by atoms with E-state index in [0.717, 1.165) is 5.84 Å². The molecule has 0 saturated heterocycles. The lowest BCUT2D eigenvalue weighted by Crippen LogP contribution is -2.30. The number of aliphatic imine (C=N–C) groups is 1. The van der Waals surface area contributed by atoms with Crippen molar-refractivity contribution in [3.05, 3.63) is 0 Å². The molecule has 2 saturated carbocycles. The number of hydrogen-bond donors (Lipinski definition) is 1. The van der Waals surface area contributed by atoms with Crippen LogP contribution >= 0.6 is 0 Å². The lowest BCUT2D eigenvalue weighted by Gasteiger charge is -2.27. The van der Waals surface area contributed by atoms with Gasteiger partial charge in [-0.15, -0.1) is 0 Å². The molecule has 2 aliphatic carbocycles. The Morgan fingerprint density at radius 3 is 2.31 bits per heavy atom. The van der Waals surface area contributed by atoms with Crippen LogP contribution in [0.2, 0.25) is 0 Å². The molecule has 0 aromatic heterocycles. The number of amidine groups is 1. The molecule has 2 rings (SSSR count). The van der Waals surface area contributed by atoms with E-state index < -0.39 is 0 Å². The third kappa shape index (κ3) is 2.58. The van der Waals surface area contributed by atoms with Crippen molar-refractivity contribution < 1.29 is 0 Å². The largest absolute Gasteiger partial charge is 0.387 e. The Morgan fingerprint density at radius 1 is 1.06 bits per heavy atom. The van der Waals surface area contributed by atoms with E-state index in [1.807, 2.05) is 0 Å². The van der Waals surface area contributed by atoms with Gasteiger partial charge in [0.25, 0.3) is 0 Å². The number of hydrogen-bond acceptors (Lipinski definition) is 1. The van der Waals surface area contributed by atoms with Gasteiger partial charge in [0, 0.05) is 5.92 Å². The summed E-state index contributed by atoms with van der Waals surface area (Å²) in [6, 6.07) is 0.481. The third-order valence-corrected chi connectivity index (χ3v) is 4.53. The van der Waals surface area contributed by atoms with Crippen LogP contribution in [0.25, 0.3) is 0 Å². The monoisotopic (exact) mass is 222 g/mol. The summed E-state index contributed by atoms with van der Waals surface area (Å²) in [4.78, 5) is 4.85. The van der Waals surface area contributed by atoms with Crippen LogP contribution < -0.4 is 5.73 Å². The van der Waals surface area contributed by atoms with E-state index in [1.165, 1.54) is 51.4 Å². The van der Waals surface area contributed by atoms with Gasteiger partial charge < -0.3 is 5.73 Å². The zero-order valence-electron chi connectivity index (χ0n) is 10.8. The van der Waals surface area contributed by atoms with E-state index in [1.54, 1.807) is 0 Å². The minimum atomic E-state index is 0.374. The van der Waals surface area contributed by atoms with Crippen molar-refractivity contribution in [3.8, 4) is 0 Å². The summed E-state index contributed by atoms with van der Waals surface area (Å²) in [5.41, 5.74) is 6.57. The molecule has 2 aliphatic rings. The van der Waals surface area contributed by atoms with Crippen molar-refractivity contribution in [1.29, 1.82) is 0 Å². The first-order chi connectivity index (χ1) is 7.59. The maximum atomic E-state index is 6.20. The molecule has 0 aromatic carbocycles. The summed E-state index contributed by atoms with van der Waals surface area (Å²) in [7, 11) is 0. The number of rotatable bonds is 2. The van der Waals surface area contributed by atoms with Crippen molar-refractivity contribution in [2.75, 3.05) is 0 Å². The molecule has 1 atom stereocenters. The van der Waals surface area contributed by atoms with Crippen LogP contribution in [0.5, 0.6) is 0 Å². The van der Waals surface area contributed by atoms with Crippen molar-refractivity contribution in [2.45, 2.75) is 71.3 Å². The molecule has 2 heteroatoms. The Kier molecular flexibility index (Phi) is 3.56. The second kappa shape index (κ2) is 4.77. The second-order valence-electron chi connectivity index (χ2n) is 6.29. The average Bonchev–Trinajstić information content (AvgIpc) is 2.59. The minimum Gasteiger partial charge on any atom is -0.387 e. The second-order valence-corrected chi connectivity index (χ2v) is 6.29. The highest BCUT2D eigenvalue weighted by Gasteiger charge is 2.34. The minimum absolute atomic E-state index is 0.374. The Hall–Kier alpha value is -0.530. The van der Waals surface area contributed by atoms with Gasteiger partial charge in [0.15, 0.2) is 0 Å². The fraction of sp³-hybridized carbons (Fsp3) is 0.929. The molecule has 2 nitrogen and oxygen atoms in total. The quantitative estimate of drug-likeness (QED) is 0.563. The van der Waals surface area contributed by atoms with Gasteiger partial charge in [-0.3, -0.25) is 4.99 Å². The van der Waals surface area contributed by atoms with Crippen LogP contribution in [0.4, 0.5) is 0 Å². The van der Waals surface area contributed by atoms with Gasteiger partial charge in [-0.05, 0) is 31.1 Å². The van der Waals surface area contributed by atoms with E-state index in [4.69, 9.17) is 10.7 Å². The molecule has 2 fully saturated rings. The molecule has 0 heterocycles. The van der Waals surface area contributed by atoms with Crippen molar-refractivity contribution in [2.24, 2.45) is 22.1 Å². The van der Waals surface area contributed by atoms with Crippen molar-refractivity contribution in [1.82, 2.24) is 0 Å². The van der Waals surface area contributed by atoms with Gasteiger partial charge in [-0.1, -0.05) is 39.5 Å². The Balaban J connectivity index is 1.99. The Labute approximate surface area is 99.7 Å². The van der Waals surface area contributed by atoms with Crippen molar-refractivity contribution in [3.63, 3.8) is 0 Å². The van der Waals surface area contributed by atoms with E-state index >= 15 is 0 Å². The summed E-state index contributed by atoms with van der Waals surface area (Å²) in [6.07, 6.45) is 10.5. The maximum absolute atomic E-state index is 6.20. The standard InChI is InChI=1S/C14H26N2/c1-14(2)10-6-9-12(14)16-13(15)11-7-4-3-5-8-11/h11-12H,3-10H2,1-2H3,(H2,15,16). The summed E-state index contributed by atoms with van der Waals surface area (Å²) in [5.74, 6) is 1.55. The lowest BCUT2D eigenvalue weighted by molar-refractivity contribution is 0.331. The van der Waals surface area contributed by atoms with E-state index in [0.29, 0.717) is 17.4 Å². The molecule has 0 aromatic rings. The van der Waals surface area contributed by atoms with Crippen LogP contribution in [0, 0.1) is 11.3 Å². The molecule has 0 aliphatic heterocycles. The maximum Gasteiger partial charge on any atom is 0.0972 e. The highest BCUT2D eigenvalue weighted by Crippen LogP contribution is 2.39. The van der Waals surface area contributed by atoms with E-state index in [2.05, 4.69) is 13.8 Å². The van der Waals surface area contributed by atoms with Gasteiger partial charge >= 0.3 is 0 Å². The van der Waals surface area contributed by atoms with Crippen LogP contribution in [-0.4, -0.2) is 11.9 Å². The highest BCUT2D eigenvalue weighted by atomic mass is 14.9. The van der Waals surface area contributed by atoms with Crippen LogP contribution in [-0.2, 0) is 0 Å². The Bertz CT molecular complexity index is 262. The van der Waals surface area contributed by atoms with Gasteiger partial charge in [0.2, 0.25) is 0 Å². The van der Waals surface area contributed by atoms with Crippen LogP contribution in [0.1, 0.15) is 65.2 Å². The molecule has 0 radical (unpaired) electrons. The smallest absolute Gasteiger partial charge is 0.0972 e. The van der Waals surface area contributed by atoms with E-state index in [9.17, 15) is 0 Å². The molecule has 0 bridgehead atoms.